The van der Waals surface area contributed by atoms with Gasteiger partial charge in [0.1, 0.15) is 5.75 Å². The summed E-state index contributed by atoms with van der Waals surface area (Å²) in [5, 5.41) is 7.83. The van der Waals surface area contributed by atoms with E-state index in [0.717, 1.165) is 36.5 Å². The van der Waals surface area contributed by atoms with Crippen molar-refractivity contribution >= 4 is 11.8 Å². The Morgan fingerprint density at radius 3 is 3.09 bits per heavy atom. The Bertz CT molecular complexity index is 655. The molecular weight excluding hydrogens is 306 g/mol. The van der Waals surface area contributed by atoms with Crippen molar-refractivity contribution in [2.24, 2.45) is 0 Å². The number of nitrogens with one attached hydrogen (secondary N) is 1. The Morgan fingerprint density at radius 1 is 1.43 bits per heavy atom. The second-order valence-corrected chi connectivity index (χ2v) is 7.10. The normalized spacial score (nSPS) is 16.1. The number of aromatic amines is 1. The molecule has 23 heavy (non-hydrogen) atoms. The highest BCUT2D eigenvalue weighted by Crippen LogP contribution is 2.31. The summed E-state index contributed by atoms with van der Waals surface area (Å²) < 4.78 is 5.35. The molecule has 0 saturated carbocycles. The van der Waals surface area contributed by atoms with E-state index in [1.165, 1.54) is 23.4 Å². The van der Waals surface area contributed by atoms with Gasteiger partial charge in [-0.3, -0.25) is 10.00 Å². The van der Waals surface area contributed by atoms with E-state index in [1.807, 2.05) is 23.9 Å². The Kier molecular flexibility index (Phi) is 5.28. The zero-order valence-electron chi connectivity index (χ0n) is 14.1. The topological polar surface area (TPSA) is 41.1 Å². The largest absolute Gasteiger partial charge is 0.497 e. The summed E-state index contributed by atoms with van der Waals surface area (Å²) in [6, 6.07) is 8.78. The fourth-order valence-corrected chi connectivity index (χ4v) is 3.75. The van der Waals surface area contributed by atoms with Crippen LogP contribution in [0, 0.1) is 0 Å². The van der Waals surface area contributed by atoms with E-state index in [9.17, 15) is 0 Å². The molecule has 0 bridgehead atoms. The summed E-state index contributed by atoms with van der Waals surface area (Å²) in [7, 11) is 1.70. The van der Waals surface area contributed by atoms with Crippen molar-refractivity contribution < 1.29 is 4.74 Å². The third-order valence-electron chi connectivity index (χ3n) is 4.67. The minimum Gasteiger partial charge on any atom is -0.497 e. The molecule has 1 aliphatic heterocycles. The Hall–Kier alpha value is -1.46. The Labute approximate surface area is 142 Å². The highest BCUT2D eigenvalue weighted by molar-refractivity contribution is 7.98. The molecule has 1 aliphatic rings. The number of aromatic nitrogens is 2. The number of ether oxygens (including phenoxy) is 1. The van der Waals surface area contributed by atoms with Crippen LogP contribution in [-0.2, 0) is 13.0 Å². The third kappa shape index (κ3) is 3.56. The Balaban J connectivity index is 1.83. The van der Waals surface area contributed by atoms with E-state index in [1.54, 1.807) is 7.11 Å². The summed E-state index contributed by atoms with van der Waals surface area (Å²) in [5.74, 6) is 2.10. The second kappa shape index (κ2) is 7.41. The predicted molar refractivity (Wildman–Crippen MR) is 97.2 cm³/mol. The van der Waals surface area contributed by atoms with Crippen molar-refractivity contribution in [2.45, 2.75) is 32.4 Å². The third-order valence-corrected chi connectivity index (χ3v) is 5.31. The maximum absolute atomic E-state index is 5.35. The van der Waals surface area contributed by atoms with Crippen LogP contribution in [0.25, 0.3) is 11.3 Å². The number of fused-ring (bicyclic) bond motifs is 1. The van der Waals surface area contributed by atoms with Gasteiger partial charge in [-0.15, -0.1) is 0 Å². The zero-order valence-corrected chi connectivity index (χ0v) is 14.9. The highest BCUT2D eigenvalue weighted by Gasteiger charge is 2.25. The highest BCUT2D eigenvalue weighted by atomic mass is 32.2. The molecule has 0 radical (unpaired) electrons. The van der Waals surface area contributed by atoms with Crippen LogP contribution < -0.4 is 4.74 Å². The predicted octanol–water partition coefficient (Wildman–Crippen LogP) is 3.59. The van der Waals surface area contributed by atoms with E-state index in [2.05, 4.69) is 40.4 Å². The van der Waals surface area contributed by atoms with Crippen LogP contribution in [0.1, 0.15) is 24.6 Å². The molecule has 0 fully saturated rings. The van der Waals surface area contributed by atoms with Crippen molar-refractivity contribution in [1.82, 2.24) is 15.1 Å². The maximum atomic E-state index is 5.35. The smallest absolute Gasteiger partial charge is 0.119 e. The number of nitrogens with zero attached hydrogens (tertiary/aromatic N) is 2. The fraction of sp³-hybridized carbons (Fsp3) is 0.500. The molecule has 1 atom stereocenters. The second-order valence-electron chi connectivity index (χ2n) is 6.11. The van der Waals surface area contributed by atoms with Gasteiger partial charge >= 0.3 is 0 Å². The van der Waals surface area contributed by atoms with Gasteiger partial charge in [0.15, 0.2) is 0 Å². The summed E-state index contributed by atoms with van der Waals surface area (Å²) >= 11 is 1.93. The average molecular weight is 331 g/mol. The molecule has 124 valence electrons. The van der Waals surface area contributed by atoms with Crippen LogP contribution in [-0.4, -0.2) is 46.8 Å². The van der Waals surface area contributed by atoms with Crippen LogP contribution in [0.4, 0.5) is 0 Å². The van der Waals surface area contributed by atoms with Crippen molar-refractivity contribution in [2.75, 3.05) is 25.7 Å². The first kappa shape index (κ1) is 16.4. The van der Waals surface area contributed by atoms with E-state index in [-0.39, 0.29) is 0 Å². The van der Waals surface area contributed by atoms with Gasteiger partial charge < -0.3 is 4.74 Å². The number of benzene rings is 1. The molecule has 3 rings (SSSR count). The minimum atomic E-state index is 0.614. The van der Waals surface area contributed by atoms with Gasteiger partial charge in [0, 0.05) is 42.4 Å². The molecule has 1 aromatic carbocycles. The quantitative estimate of drug-likeness (QED) is 0.878. The Morgan fingerprint density at radius 2 is 2.30 bits per heavy atom. The zero-order chi connectivity index (χ0) is 16.2. The SMILES string of the molecule is COc1cccc(-c2n[nH]c3c2CN(C(C)CCSC)CC3)c1. The monoisotopic (exact) mass is 331 g/mol. The lowest BCUT2D eigenvalue weighted by atomic mass is 9.99. The van der Waals surface area contributed by atoms with Crippen LogP contribution >= 0.6 is 11.8 Å². The number of methoxy groups -OCH3 is 1. The first-order chi connectivity index (χ1) is 11.2. The van der Waals surface area contributed by atoms with Gasteiger partial charge in [-0.25, -0.2) is 0 Å². The van der Waals surface area contributed by atoms with Gasteiger partial charge in [-0.2, -0.15) is 16.9 Å². The lowest BCUT2D eigenvalue weighted by molar-refractivity contribution is 0.187. The molecule has 0 spiro atoms. The summed E-state index contributed by atoms with van der Waals surface area (Å²) in [4.78, 5) is 2.58. The molecule has 2 heterocycles. The molecule has 5 heteroatoms. The van der Waals surface area contributed by atoms with Gasteiger partial charge in [0.05, 0.1) is 12.8 Å². The lowest BCUT2D eigenvalue weighted by Crippen LogP contribution is -2.37. The maximum Gasteiger partial charge on any atom is 0.119 e. The van der Waals surface area contributed by atoms with Gasteiger partial charge in [0.2, 0.25) is 0 Å². The van der Waals surface area contributed by atoms with Gasteiger partial charge in [-0.1, -0.05) is 12.1 Å². The summed E-state index contributed by atoms with van der Waals surface area (Å²) in [6.45, 7) is 4.43. The standard InChI is InChI=1S/C18H25N3OS/c1-13(8-10-23-3)21-9-7-17-16(12-21)18(20-19-17)14-5-4-6-15(11-14)22-2/h4-6,11,13H,7-10,12H2,1-3H3,(H,19,20). The molecule has 4 nitrogen and oxygen atoms in total. The summed E-state index contributed by atoms with van der Waals surface area (Å²) in [5.41, 5.74) is 4.83. The van der Waals surface area contributed by atoms with Gasteiger partial charge in [-0.05, 0) is 37.5 Å². The molecule has 0 amide bonds. The van der Waals surface area contributed by atoms with Crippen molar-refractivity contribution in [3.63, 3.8) is 0 Å². The van der Waals surface area contributed by atoms with E-state index in [4.69, 9.17) is 4.74 Å². The lowest BCUT2D eigenvalue weighted by Gasteiger charge is -2.32. The molecular formula is C18H25N3OS. The average Bonchev–Trinajstić information content (AvgIpc) is 3.02. The van der Waals surface area contributed by atoms with Crippen LogP contribution in [0.5, 0.6) is 5.75 Å². The number of thioether (sulfide) groups is 1. The van der Waals surface area contributed by atoms with Crippen LogP contribution in [0.3, 0.4) is 0 Å². The van der Waals surface area contributed by atoms with Crippen molar-refractivity contribution in [1.29, 1.82) is 0 Å². The van der Waals surface area contributed by atoms with Crippen molar-refractivity contribution in [3.05, 3.63) is 35.5 Å². The van der Waals surface area contributed by atoms with Crippen LogP contribution in [0.15, 0.2) is 24.3 Å². The summed E-state index contributed by atoms with van der Waals surface area (Å²) in [6.07, 6.45) is 4.47. The first-order valence-corrected chi connectivity index (χ1v) is 9.56. The number of rotatable bonds is 6. The molecule has 0 aliphatic carbocycles. The van der Waals surface area contributed by atoms with Crippen molar-refractivity contribution in [3.8, 4) is 17.0 Å². The number of H-pyrrole nitrogens is 1. The van der Waals surface area contributed by atoms with E-state index in [0.29, 0.717) is 6.04 Å². The molecule has 1 aromatic heterocycles. The molecule has 1 unspecified atom stereocenters. The molecule has 0 saturated heterocycles. The van der Waals surface area contributed by atoms with E-state index < -0.39 is 0 Å². The van der Waals surface area contributed by atoms with Gasteiger partial charge in [0.25, 0.3) is 0 Å². The fourth-order valence-electron chi connectivity index (χ4n) is 3.17. The molecule has 2 aromatic rings. The first-order valence-electron chi connectivity index (χ1n) is 8.16. The number of hydrogen-bond acceptors (Lipinski definition) is 4. The van der Waals surface area contributed by atoms with E-state index >= 15 is 0 Å². The molecule has 1 N–H and O–H groups in total. The van der Waals surface area contributed by atoms with Crippen LogP contribution in [0.2, 0.25) is 0 Å². The minimum absolute atomic E-state index is 0.614. The number of hydrogen-bond donors (Lipinski definition) is 1.